The molecule has 0 radical (unpaired) electrons. The maximum atomic E-state index is 13.4. The topological polar surface area (TPSA) is 82.5 Å². The smallest absolute Gasteiger partial charge is 0.270 e. The Bertz CT molecular complexity index is 1260. The number of anilines is 1. The van der Waals surface area contributed by atoms with Gasteiger partial charge in [-0.3, -0.25) is 19.1 Å². The number of rotatable bonds is 6. The lowest BCUT2D eigenvalue weighted by Crippen LogP contribution is -2.43. The number of furan rings is 1. The summed E-state index contributed by atoms with van der Waals surface area (Å²) in [5, 5.41) is 9.83. The lowest BCUT2D eigenvalue weighted by Gasteiger charge is -2.39. The van der Waals surface area contributed by atoms with Gasteiger partial charge in [0, 0.05) is 25.2 Å². The normalized spacial score (nSPS) is 21.7. The Morgan fingerprint density at radius 3 is 2.60 bits per heavy atom. The molecule has 0 aromatic carbocycles. The first-order valence-electron chi connectivity index (χ1n) is 11.9. The van der Waals surface area contributed by atoms with E-state index in [4.69, 9.17) is 16.6 Å². The summed E-state index contributed by atoms with van der Waals surface area (Å²) in [6.45, 7) is 10.7. The average Bonchev–Trinajstić information content (AvgIpc) is 3.41. The van der Waals surface area contributed by atoms with Gasteiger partial charge >= 0.3 is 0 Å². The molecule has 2 aliphatic heterocycles. The number of pyridine rings is 1. The first-order chi connectivity index (χ1) is 16.7. The summed E-state index contributed by atoms with van der Waals surface area (Å²) in [5.41, 5.74) is 1.20. The van der Waals surface area contributed by atoms with Crippen LogP contribution < -0.4 is 10.5 Å². The number of thioether (sulfide) groups is 1. The highest BCUT2D eigenvalue weighted by Gasteiger charge is 2.34. The molecule has 0 aliphatic carbocycles. The second-order valence-corrected chi connectivity index (χ2v) is 11.2. The van der Waals surface area contributed by atoms with Crippen LogP contribution in [0.5, 0.6) is 0 Å². The van der Waals surface area contributed by atoms with Crippen molar-refractivity contribution in [3.63, 3.8) is 0 Å². The van der Waals surface area contributed by atoms with Gasteiger partial charge in [0.25, 0.3) is 11.5 Å². The van der Waals surface area contributed by atoms with E-state index in [0.29, 0.717) is 38.9 Å². The number of carbonyl (C=O) groups excluding carboxylic acids is 1. The standard InChI is InChI=1S/C26H30N4O3S2/c1-5-8-29-23(28-13-16(2)10-17(3)14-28)20(18(4)21(12-27)24(29)31)11-22-25(32)30(26(34)35-22)15-19-7-6-9-33-19/h6-7,9,11,16-17H,5,8,10,13-15H2,1-4H3. The van der Waals surface area contributed by atoms with Gasteiger partial charge in [0.15, 0.2) is 0 Å². The first kappa shape index (κ1) is 25.3. The number of carbonyl (C=O) groups is 1. The zero-order chi connectivity index (χ0) is 25.3. The fourth-order valence-corrected chi connectivity index (χ4v) is 6.31. The maximum Gasteiger partial charge on any atom is 0.270 e. The third-order valence-corrected chi connectivity index (χ3v) is 7.88. The molecule has 7 nitrogen and oxygen atoms in total. The van der Waals surface area contributed by atoms with Crippen molar-refractivity contribution in [3.8, 4) is 6.07 Å². The minimum Gasteiger partial charge on any atom is -0.467 e. The molecule has 2 aliphatic rings. The molecular formula is C26H30N4O3S2. The van der Waals surface area contributed by atoms with Gasteiger partial charge in [-0.2, -0.15) is 5.26 Å². The van der Waals surface area contributed by atoms with Crippen molar-refractivity contribution >= 4 is 46.1 Å². The molecule has 9 heteroatoms. The second kappa shape index (κ2) is 10.4. The SMILES string of the molecule is CCCn1c(N2CC(C)CC(C)C2)c(C=C2SC(=S)N(Cc3ccco3)C2=O)c(C)c(C#N)c1=O. The molecule has 4 heterocycles. The molecule has 2 atom stereocenters. The number of nitrogens with zero attached hydrogens (tertiary/aromatic N) is 4. The largest absolute Gasteiger partial charge is 0.467 e. The van der Waals surface area contributed by atoms with Crippen molar-refractivity contribution in [3.05, 3.63) is 56.1 Å². The molecule has 4 rings (SSSR count). The van der Waals surface area contributed by atoms with E-state index in [1.165, 1.54) is 16.7 Å². The number of nitriles is 1. The summed E-state index contributed by atoms with van der Waals surface area (Å²) in [4.78, 5) is 31.0. The predicted octanol–water partition coefficient (Wildman–Crippen LogP) is 4.92. The number of amides is 1. The highest BCUT2D eigenvalue weighted by Crippen LogP contribution is 2.38. The Hall–Kier alpha value is -2.83. The monoisotopic (exact) mass is 510 g/mol. The van der Waals surface area contributed by atoms with E-state index in [-0.39, 0.29) is 23.6 Å². The van der Waals surface area contributed by atoms with Gasteiger partial charge < -0.3 is 9.32 Å². The van der Waals surface area contributed by atoms with Crippen LogP contribution in [0.3, 0.4) is 0 Å². The van der Waals surface area contributed by atoms with Gasteiger partial charge in [0.2, 0.25) is 0 Å². The molecule has 0 N–H and O–H groups in total. The Labute approximate surface area is 215 Å². The summed E-state index contributed by atoms with van der Waals surface area (Å²) < 4.78 is 7.59. The number of piperidine rings is 1. The van der Waals surface area contributed by atoms with Crippen molar-refractivity contribution < 1.29 is 9.21 Å². The van der Waals surface area contributed by atoms with Gasteiger partial charge in [-0.05, 0) is 55.4 Å². The lowest BCUT2D eigenvalue weighted by atomic mass is 9.91. The van der Waals surface area contributed by atoms with Crippen molar-refractivity contribution in [2.75, 3.05) is 18.0 Å². The van der Waals surface area contributed by atoms with Crippen LogP contribution in [0.4, 0.5) is 5.82 Å². The minimum atomic E-state index is -0.268. The Balaban J connectivity index is 1.86. The zero-order valence-corrected chi connectivity index (χ0v) is 22.2. The van der Waals surface area contributed by atoms with Crippen molar-refractivity contribution in [2.24, 2.45) is 11.8 Å². The molecule has 184 valence electrons. The zero-order valence-electron chi connectivity index (χ0n) is 20.5. The first-order valence-corrected chi connectivity index (χ1v) is 13.2. The fraction of sp³-hybridized carbons (Fsp3) is 0.462. The number of aromatic nitrogens is 1. The molecule has 2 fully saturated rings. The molecule has 1 amide bonds. The fourth-order valence-electron chi connectivity index (χ4n) is 5.08. The van der Waals surface area contributed by atoms with Gasteiger partial charge in [-0.25, -0.2) is 0 Å². The average molecular weight is 511 g/mol. The minimum absolute atomic E-state index is 0.123. The lowest BCUT2D eigenvalue weighted by molar-refractivity contribution is -0.122. The molecule has 35 heavy (non-hydrogen) atoms. The molecule has 2 aromatic heterocycles. The molecular weight excluding hydrogens is 480 g/mol. The van der Waals surface area contributed by atoms with E-state index >= 15 is 0 Å². The molecule has 0 saturated carbocycles. The third-order valence-electron chi connectivity index (χ3n) is 6.51. The predicted molar refractivity (Wildman–Crippen MR) is 143 cm³/mol. The van der Waals surface area contributed by atoms with Crippen LogP contribution in [0.1, 0.15) is 56.1 Å². The summed E-state index contributed by atoms with van der Waals surface area (Å²) in [5.74, 6) is 2.19. The summed E-state index contributed by atoms with van der Waals surface area (Å²) in [6.07, 6.45) is 5.27. The Kier molecular flexibility index (Phi) is 7.53. The number of hydrogen-bond acceptors (Lipinski definition) is 7. The van der Waals surface area contributed by atoms with Crippen LogP contribution in [0, 0.1) is 30.1 Å². The number of hydrogen-bond donors (Lipinski definition) is 0. The molecule has 2 aromatic rings. The summed E-state index contributed by atoms with van der Waals surface area (Å²) in [6, 6.07) is 5.70. The van der Waals surface area contributed by atoms with E-state index in [1.54, 1.807) is 23.8 Å². The van der Waals surface area contributed by atoms with Crippen LogP contribution in [-0.2, 0) is 17.9 Å². The van der Waals surface area contributed by atoms with E-state index < -0.39 is 0 Å². The molecule has 2 unspecified atom stereocenters. The Morgan fingerprint density at radius 2 is 2.00 bits per heavy atom. The van der Waals surface area contributed by atoms with Crippen molar-refractivity contribution in [1.29, 1.82) is 5.26 Å². The molecule has 2 saturated heterocycles. The van der Waals surface area contributed by atoms with E-state index in [2.05, 4.69) is 24.8 Å². The van der Waals surface area contributed by atoms with Gasteiger partial charge in [-0.1, -0.05) is 44.8 Å². The summed E-state index contributed by atoms with van der Waals surface area (Å²) in [7, 11) is 0. The van der Waals surface area contributed by atoms with Gasteiger partial charge in [-0.15, -0.1) is 0 Å². The second-order valence-electron chi connectivity index (χ2n) is 9.50. The van der Waals surface area contributed by atoms with Crippen molar-refractivity contribution in [2.45, 2.75) is 53.6 Å². The highest BCUT2D eigenvalue weighted by molar-refractivity contribution is 8.26. The molecule has 0 spiro atoms. The quantitative estimate of drug-likeness (QED) is 0.403. The van der Waals surface area contributed by atoms with E-state index in [9.17, 15) is 14.9 Å². The highest BCUT2D eigenvalue weighted by atomic mass is 32.2. The third kappa shape index (κ3) is 4.95. The van der Waals surface area contributed by atoms with Crippen LogP contribution in [0.15, 0.2) is 32.5 Å². The van der Waals surface area contributed by atoms with Crippen LogP contribution in [0.25, 0.3) is 6.08 Å². The number of thiocarbonyl (C=S) groups is 1. The van der Waals surface area contributed by atoms with Crippen LogP contribution >= 0.6 is 24.0 Å². The van der Waals surface area contributed by atoms with Crippen LogP contribution in [0.2, 0.25) is 0 Å². The Morgan fingerprint density at radius 1 is 1.29 bits per heavy atom. The summed E-state index contributed by atoms with van der Waals surface area (Å²) >= 11 is 6.75. The van der Waals surface area contributed by atoms with Crippen LogP contribution in [-0.4, -0.2) is 32.8 Å². The van der Waals surface area contributed by atoms with E-state index in [1.807, 2.05) is 19.1 Å². The van der Waals surface area contributed by atoms with E-state index in [0.717, 1.165) is 37.3 Å². The maximum absolute atomic E-state index is 13.4. The molecule has 0 bridgehead atoms. The van der Waals surface area contributed by atoms with Gasteiger partial charge in [0.1, 0.15) is 27.5 Å². The van der Waals surface area contributed by atoms with Gasteiger partial charge in [0.05, 0.1) is 17.7 Å². The van der Waals surface area contributed by atoms with Crippen molar-refractivity contribution in [1.82, 2.24) is 9.47 Å².